The maximum atomic E-state index is 12.0. The van der Waals surface area contributed by atoms with E-state index in [4.69, 9.17) is 0 Å². The number of hydrogen-bond donors (Lipinski definition) is 2. The normalized spacial score (nSPS) is 10.8. The van der Waals surface area contributed by atoms with Crippen molar-refractivity contribution in [3.8, 4) is 0 Å². The minimum absolute atomic E-state index is 0. The van der Waals surface area contributed by atoms with Crippen molar-refractivity contribution in [1.29, 1.82) is 0 Å². The maximum absolute atomic E-state index is 12.0. The van der Waals surface area contributed by atoms with E-state index in [0.29, 0.717) is 0 Å². The van der Waals surface area contributed by atoms with Gasteiger partial charge in [-0.05, 0) is 35.6 Å². The number of hydrogen-bond acceptors (Lipinski definition) is 3. The molecule has 0 radical (unpaired) electrons. The molecule has 0 saturated carbocycles. The first kappa shape index (κ1) is 21.4. The molecule has 0 saturated heterocycles. The Balaban J connectivity index is 0.00000312. The molecular formula is C18H25IN4OS. The molecule has 0 aliphatic heterocycles. The molecule has 0 aliphatic rings. The van der Waals surface area contributed by atoms with Gasteiger partial charge >= 0.3 is 0 Å². The fourth-order valence-electron chi connectivity index (χ4n) is 2.25. The van der Waals surface area contributed by atoms with Crippen LogP contribution in [0.3, 0.4) is 0 Å². The summed E-state index contributed by atoms with van der Waals surface area (Å²) in [7, 11) is 5.29. The van der Waals surface area contributed by atoms with Gasteiger partial charge in [-0.1, -0.05) is 18.2 Å². The van der Waals surface area contributed by atoms with E-state index in [1.165, 1.54) is 4.88 Å². The largest absolute Gasteiger partial charge is 0.356 e. The molecule has 0 atom stereocenters. The van der Waals surface area contributed by atoms with E-state index in [1.807, 2.05) is 30.3 Å². The van der Waals surface area contributed by atoms with Gasteiger partial charge in [-0.2, -0.15) is 0 Å². The van der Waals surface area contributed by atoms with Crippen LogP contribution in [0.25, 0.3) is 0 Å². The highest BCUT2D eigenvalue weighted by Crippen LogP contribution is 2.08. The third-order valence-electron chi connectivity index (χ3n) is 3.52. The van der Waals surface area contributed by atoms with Crippen molar-refractivity contribution < 1.29 is 4.79 Å². The molecule has 0 spiro atoms. The number of amides is 1. The van der Waals surface area contributed by atoms with Gasteiger partial charge in [-0.15, -0.1) is 35.3 Å². The van der Waals surface area contributed by atoms with Crippen LogP contribution in [0.5, 0.6) is 0 Å². The Morgan fingerprint density at radius 1 is 1.20 bits per heavy atom. The lowest BCUT2D eigenvalue weighted by molar-refractivity contribution is 0.0827. The summed E-state index contributed by atoms with van der Waals surface area (Å²) in [4.78, 5) is 19.1. The molecule has 7 heteroatoms. The van der Waals surface area contributed by atoms with Crippen LogP contribution in [0.15, 0.2) is 46.8 Å². The fraction of sp³-hybridized carbons (Fsp3) is 0.333. The first-order valence-corrected chi connectivity index (χ1v) is 8.75. The Morgan fingerprint density at radius 3 is 2.64 bits per heavy atom. The number of guanidine groups is 1. The van der Waals surface area contributed by atoms with E-state index in [1.54, 1.807) is 37.4 Å². The number of nitrogens with one attached hydrogen (secondary N) is 2. The molecule has 2 N–H and O–H groups in total. The average Bonchev–Trinajstić information content (AvgIpc) is 3.11. The van der Waals surface area contributed by atoms with Gasteiger partial charge in [-0.25, -0.2) is 0 Å². The number of halogens is 1. The summed E-state index contributed by atoms with van der Waals surface area (Å²) in [6.07, 6.45) is 0.828. The summed E-state index contributed by atoms with van der Waals surface area (Å²) >= 11 is 1.72. The number of thiophene rings is 1. The molecule has 0 bridgehead atoms. The third-order valence-corrected chi connectivity index (χ3v) is 4.40. The number of carbonyl (C=O) groups excluding carboxylic acids is 1. The highest BCUT2D eigenvalue weighted by Gasteiger charge is 2.08. The smallest absolute Gasteiger partial charge is 0.253 e. The molecule has 1 aromatic carbocycles. The highest BCUT2D eigenvalue weighted by atomic mass is 127. The maximum Gasteiger partial charge on any atom is 0.253 e. The highest BCUT2D eigenvalue weighted by molar-refractivity contribution is 14.0. The lowest BCUT2D eigenvalue weighted by Crippen LogP contribution is -2.37. The number of nitrogens with zero attached hydrogens (tertiary/aromatic N) is 2. The second-order valence-corrected chi connectivity index (χ2v) is 6.61. The van der Waals surface area contributed by atoms with Gasteiger partial charge in [0.2, 0.25) is 0 Å². The average molecular weight is 472 g/mol. The van der Waals surface area contributed by atoms with Crippen molar-refractivity contribution >= 4 is 47.2 Å². The molecule has 1 amide bonds. The number of benzene rings is 1. The van der Waals surface area contributed by atoms with Gasteiger partial charge in [0.25, 0.3) is 5.91 Å². The summed E-state index contributed by atoms with van der Waals surface area (Å²) < 4.78 is 0. The summed E-state index contributed by atoms with van der Waals surface area (Å²) in [5.74, 6) is 0.808. The lowest BCUT2D eigenvalue weighted by atomic mass is 10.1. The predicted octanol–water partition coefficient (Wildman–Crippen LogP) is 2.98. The van der Waals surface area contributed by atoms with Gasteiger partial charge in [0.1, 0.15) is 0 Å². The van der Waals surface area contributed by atoms with Gasteiger partial charge < -0.3 is 15.5 Å². The van der Waals surface area contributed by atoms with Crippen molar-refractivity contribution in [3.63, 3.8) is 0 Å². The Morgan fingerprint density at radius 2 is 2.00 bits per heavy atom. The zero-order valence-corrected chi connectivity index (χ0v) is 17.9. The lowest BCUT2D eigenvalue weighted by Gasteiger charge is -2.13. The first-order valence-electron chi connectivity index (χ1n) is 7.87. The van der Waals surface area contributed by atoms with E-state index >= 15 is 0 Å². The van der Waals surface area contributed by atoms with E-state index in [9.17, 15) is 4.79 Å². The fourth-order valence-corrected chi connectivity index (χ4v) is 2.89. The van der Waals surface area contributed by atoms with Crippen molar-refractivity contribution in [2.24, 2.45) is 4.99 Å². The molecule has 0 fully saturated rings. The molecule has 1 heterocycles. The zero-order chi connectivity index (χ0) is 17.4. The van der Waals surface area contributed by atoms with Gasteiger partial charge in [0.05, 0.1) is 6.54 Å². The minimum atomic E-state index is 0. The van der Waals surface area contributed by atoms with Crippen LogP contribution >= 0.6 is 35.3 Å². The molecule has 0 unspecified atom stereocenters. The standard InChI is InChI=1S/C18H24N4OS.HI/c1-19-18(21-13-16-8-5-11-24-16)20-10-9-14-6-4-7-15(12-14)17(23)22(2)3;/h4-8,11-12H,9-10,13H2,1-3H3,(H2,19,20,21);1H. The van der Waals surface area contributed by atoms with E-state index in [-0.39, 0.29) is 29.9 Å². The number of aliphatic imine (C=N–C) groups is 1. The topological polar surface area (TPSA) is 56.7 Å². The predicted molar refractivity (Wildman–Crippen MR) is 116 cm³/mol. The summed E-state index contributed by atoms with van der Waals surface area (Å²) in [5.41, 5.74) is 1.85. The molecule has 0 aliphatic carbocycles. The Bertz CT molecular complexity index is 686. The molecule has 5 nitrogen and oxygen atoms in total. The summed E-state index contributed by atoms with van der Waals surface area (Å²) in [6.45, 7) is 1.52. The second-order valence-electron chi connectivity index (χ2n) is 5.58. The minimum Gasteiger partial charge on any atom is -0.356 e. The van der Waals surface area contributed by atoms with Crippen LogP contribution < -0.4 is 10.6 Å². The van der Waals surface area contributed by atoms with Gasteiger partial charge in [0, 0.05) is 38.1 Å². The molecular weight excluding hydrogens is 447 g/mol. The molecule has 136 valence electrons. The summed E-state index contributed by atoms with van der Waals surface area (Å²) in [6, 6.07) is 11.9. The first-order chi connectivity index (χ1) is 11.6. The summed E-state index contributed by atoms with van der Waals surface area (Å²) in [5, 5.41) is 8.66. The Kier molecular flexibility index (Phi) is 9.51. The van der Waals surface area contributed by atoms with Gasteiger partial charge in [-0.3, -0.25) is 9.79 Å². The molecule has 25 heavy (non-hydrogen) atoms. The van der Waals surface area contributed by atoms with E-state index < -0.39 is 0 Å². The molecule has 2 aromatic rings. The quantitative estimate of drug-likeness (QED) is 0.386. The number of rotatable bonds is 6. The Hall–Kier alpha value is -1.61. The third kappa shape index (κ3) is 7.03. The van der Waals surface area contributed by atoms with Crippen LogP contribution in [0, 0.1) is 0 Å². The van der Waals surface area contributed by atoms with Crippen molar-refractivity contribution in [3.05, 3.63) is 57.8 Å². The number of carbonyl (C=O) groups is 1. The second kappa shape index (κ2) is 11.1. The van der Waals surface area contributed by atoms with Gasteiger partial charge in [0.15, 0.2) is 5.96 Å². The molecule has 1 aromatic heterocycles. The zero-order valence-electron chi connectivity index (χ0n) is 14.8. The monoisotopic (exact) mass is 472 g/mol. The van der Waals surface area contributed by atoms with Crippen molar-refractivity contribution in [1.82, 2.24) is 15.5 Å². The van der Waals surface area contributed by atoms with Crippen LogP contribution in [-0.2, 0) is 13.0 Å². The van der Waals surface area contributed by atoms with Crippen LogP contribution in [-0.4, -0.2) is 44.5 Å². The molecule has 2 rings (SSSR count). The van der Waals surface area contributed by atoms with E-state index in [0.717, 1.165) is 36.6 Å². The van der Waals surface area contributed by atoms with E-state index in [2.05, 4.69) is 27.1 Å². The van der Waals surface area contributed by atoms with Crippen LogP contribution in [0.2, 0.25) is 0 Å². The van der Waals surface area contributed by atoms with Crippen molar-refractivity contribution in [2.75, 3.05) is 27.7 Å². The Labute approximate surface area is 170 Å². The van der Waals surface area contributed by atoms with Crippen LogP contribution in [0.1, 0.15) is 20.8 Å². The van der Waals surface area contributed by atoms with Crippen molar-refractivity contribution in [2.45, 2.75) is 13.0 Å². The SMILES string of the molecule is CN=C(NCCc1cccc(C(=O)N(C)C)c1)NCc1cccs1.I. The van der Waals surface area contributed by atoms with Crippen LogP contribution in [0.4, 0.5) is 0 Å².